The molecular weight excluding hydrogens is 264 g/mol. The van der Waals surface area contributed by atoms with Crippen LogP contribution < -0.4 is 5.32 Å². The summed E-state index contributed by atoms with van der Waals surface area (Å²) in [6.07, 6.45) is 0.989. The summed E-state index contributed by atoms with van der Waals surface area (Å²) in [7, 11) is 0. The Labute approximate surface area is 124 Å². The Hall–Kier alpha value is -1.88. The van der Waals surface area contributed by atoms with Crippen LogP contribution in [-0.2, 0) is 17.9 Å². The van der Waals surface area contributed by atoms with Gasteiger partial charge < -0.3 is 10.2 Å². The van der Waals surface area contributed by atoms with Crippen molar-refractivity contribution >= 4 is 16.8 Å². The summed E-state index contributed by atoms with van der Waals surface area (Å²) in [5.74, 6) is 0.169. The van der Waals surface area contributed by atoms with E-state index in [1.54, 1.807) is 0 Å². The molecule has 1 N–H and O–H groups in total. The van der Waals surface area contributed by atoms with Crippen LogP contribution in [0.3, 0.4) is 0 Å². The molecule has 5 nitrogen and oxygen atoms in total. The smallest absolute Gasteiger partial charge is 0.239 e. The van der Waals surface area contributed by atoms with E-state index in [-0.39, 0.29) is 11.9 Å². The Morgan fingerprint density at radius 3 is 3.00 bits per heavy atom. The largest absolute Gasteiger partial charge is 0.335 e. The zero-order chi connectivity index (χ0) is 14.8. The van der Waals surface area contributed by atoms with E-state index >= 15 is 0 Å². The topological polar surface area (TPSA) is 50.2 Å². The van der Waals surface area contributed by atoms with Gasteiger partial charge in [-0.05, 0) is 32.9 Å². The molecule has 1 aliphatic heterocycles. The molecule has 112 valence electrons. The van der Waals surface area contributed by atoms with Crippen molar-refractivity contribution < 1.29 is 4.79 Å². The van der Waals surface area contributed by atoms with Crippen molar-refractivity contribution in [3.63, 3.8) is 0 Å². The predicted octanol–water partition coefficient (Wildman–Crippen LogP) is 1.77. The molecule has 3 rings (SSSR count). The fourth-order valence-electron chi connectivity index (χ4n) is 2.95. The number of carbonyl (C=O) groups is 1. The number of carbonyl (C=O) groups excluding carboxylic acids is 1. The normalized spacial score (nSPS) is 20.0. The lowest BCUT2D eigenvalue weighted by atomic mass is 10.2. The van der Waals surface area contributed by atoms with E-state index in [0.717, 1.165) is 42.7 Å². The van der Waals surface area contributed by atoms with Crippen LogP contribution in [0, 0.1) is 0 Å². The van der Waals surface area contributed by atoms with Gasteiger partial charge >= 0.3 is 0 Å². The second kappa shape index (κ2) is 5.85. The molecule has 1 unspecified atom stereocenters. The highest BCUT2D eigenvalue weighted by molar-refractivity contribution is 5.84. The number of aryl methyl sites for hydroxylation is 1. The third-order valence-corrected chi connectivity index (χ3v) is 4.11. The van der Waals surface area contributed by atoms with E-state index in [0.29, 0.717) is 6.54 Å². The number of hydrogen-bond acceptors (Lipinski definition) is 3. The van der Waals surface area contributed by atoms with Gasteiger partial charge in [0.1, 0.15) is 0 Å². The number of para-hydroxylation sites is 1. The monoisotopic (exact) mass is 286 g/mol. The van der Waals surface area contributed by atoms with E-state index in [1.807, 2.05) is 28.6 Å². The van der Waals surface area contributed by atoms with Crippen LogP contribution in [-0.4, -0.2) is 39.7 Å². The Bertz CT molecular complexity index is 649. The van der Waals surface area contributed by atoms with Crippen molar-refractivity contribution in [2.45, 2.75) is 39.4 Å². The number of benzene rings is 1. The first-order chi connectivity index (χ1) is 10.2. The molecule has 1 aliphatic rings. The fourth-order valence-corrected chi connectivity index (χ4v) is 2.95. The third-order valence-electron chi connectivity index (χ3n) is 4.11. The molecule has 5 heteroatoms. The Kier molecular flexibility index (Phi) is 3.92. The average Bonchev–Trinajstić information content (AvgIpc) is 2.79. The first-order valence-corrected chi connectivity index (χ1v) is 7.67. The van der Waals surface area contributed by atoms with Crippen LogP contribution in [0.1, 0.15) is 26.0 Å². The molecule has 2 aromatic rings. The van der Waals surface area contributed by atoms with Crippen LogP contribution in [0.4, 0.5) is 0 Å². The van der Waals surface area contributed by atoms with Gasteiger partial charge in [0, 0.05) is 18.5 Å². The summed E-state index contributed by atoms with van der Waals surface area (Å²) >= 11 is 0. The van der Waals surface area contributed by atoms with Crippen molar-refractivity contribution in [3.8, 4) is 0 Å². The predicted molar refractivity (Wildman–Crippen MR) is 82.9 cm³/mol. The maximum atomic E-state index is 12.4. The van der Waals surface area contributed by atoms with Gasteiger partial charge in [-0.25, -0.2) is 0 Å². The van der Waals surface area contributed by atoms with Gasteiger partial charge in [0.15, 0.2) is 0 Å². The summed E-state index contributed by atoms with van der Waals surface area (Å²) in [6.45, 7) is 7.15. The quantitative estimate of drug-likeness (QED) is 0.935. The zero-order valence-electron chi connectivity index (χ0n) is 12.7. The molecule has 0 aliphatic carbocycles. The van der Waals surface area contributed by atoms with Gasteiger partial charge in [0.05, 0.1) is 23.8 Å². The number of amides is 1. The van der Waals surface area contributed by atoms with Gasteiger partial charge in [-0.3, -0.25) is 9.48 Å². The second-order valence-corrected chi connectivity index (χ2v) is 5.57. The number of nitrogens with zero attached hydrogens (tertiary/aromatic N) is 3. The lowest BCUT2D eigenvalue weighted by molar-refractivity contribution is -0.132. The van der Waals surface area contributed by atoms with Gasteiger partial charge in [-0.15, -0.1) is 0 Å². The minimum Gasteiger partial charge on any atom is -0.335 e. The van der Waals surface area contributed by atoms with E-state index in [4.69, 9.17) is 5.10 Å². The molecule has 1 atom stereocenters. The highest BCUT2D eigenvalue weighted by Crippen LogP contribution is 2.20. The summed E-state index contributed by atoms with van der Waals surface area (Å²) in [4.78, 5) is 14.3. The minimum absolute atomic E-state index is 0.105. The van der Waals surface area contributed by atoms with E-state index in [1.165, 1.54) is 0 Å². The lowest BCUT2D eigenvalue weighted by Gasteiger charge is -2.21. The maximum absolute atomic E-state index is 12.4. The molecule has 0 bridgehead atoms. The maximum Gasteiger partial charge on any atom is 0.239 e. The first-order valence-electron chi connectivity index (χ1n) is 7.67. The van der Waals surface area contributed by atoms with Crippen LogP contribution in [0.5, 0.6) is 0 Å². The number of rotatable bonds is 3. The molecule has 1 amide bonds. The third kappa shape index (κ3) is 2.65. The van der Waals surface area contributed by atoms with Crippen molar-refractivity contribution in [1.29, 1.82) is 0 Å². The van der Waals surface area contributed by atoms with Crippen LogP contribution >= 0.6 is 0 Å². The number of hydrogen-bond donors (Lipinski definition) is 1. The highest BCUT2D eigenvalue weighted by Gasteiger charge is 2.24. The molecule has 1 fully saturated rings. The molecule has 21 heavy (non-hydrogen) atoms. The zero-order valence-corrected chi connectivity index (χ0v) is 12.7. The van der Waals surface area contributed by atoms with Crippen LogP contribution in [0.15, 0.2) is 24.3 Å². The highest BCUT2D eigenvalue weighted by atomic mass is 16.2. The van der Waals surface area contributed by atoms with E-state index in [9.17, 15) is 4.79 Å². The molecule has 2 heterocycles. The minimum atomic E-state index is -0.105. The molecule has 0 saturated carbocycles. The molecule has 0 radical (unpaired) electrons. The summed E-state index contributed by atoms with van der Waals surface area (Å²) in [5.41, 5.74) is 2.14. The Morgan fingerprint density at radius 2 is 2.19 bits per heavy atom. The van der Waals surface area contributed by atoms with Gasteiger partial charge in [0.25, 0.3) is 0 Å². The summed E-state index contributed by atoms with van der Waals surface area (Å²) < 4.78 is 2.01. The van der Waals surface area contributed by atoms with Gasteiger partial charge in [-0.1, -0.05) is 18.2 Å². The molecular formula is C16H22N4O. The Morgan fingerprint density at radius 1 is 1.38 bits per heavy atom. The van der Waals surface area contributed by atoms with Crippen molar-refractivity contribution in [3.05, 3.63) is 30.0 Å². The van der Waals surface area contributed by atoms with E-state index in [2.05, 4.69) is 24.4 Å². The SMILES string of the molecule is CCn1nc(CN2CCCNC(C)C2=O)c2ccccc21. The second-order valence-electron chi connectivity index (χ2n) is 5.57. The Balaban J connectivity index is 1.92. The molecule has 1 saturated heterocycles. The standard InChI is InChI=1S/C16H22N4O/c1-3-20-15-8-5-4-7-13(15)14(18-20)11-19-10-6-9-17-12(2)16(19)21/h4-5,7-8,12,17H,3,6,9-11H2,1-2H3. The fraction of sp³-hybridized carbons (Fsp3) is 0.500. The van der Waals surface area contributed by atoms with Crippen molar-refractivity contribution in [2.75, 3.05) is 13.1 Å². The number of aromatic nitrogens is 2. The van der Waals surface area contributed by atoms with E-state index < -0.39 is 0 Å². The summed E-state index contributed by atoms with van der Waals surface area (Å²) in [5, 5.41) is 9.09. The first kappa shape index (κ1) is 14.1. The lowest BCUT2D eigenvalue weighted by Crippen LogP contribution is -2.41. The van der Waals surface area contributed by atoms with Gasteiger partial charge in [0.2, 0.25) is 5.91 Å². The molecule has 1 aromatic heterocycles. The number of nitrogens with one attached hydrogen (secondary N) is 1. The number of fused-ring (bicyclic) bond motifs is 1. The van der Waals surface area contributed by atoms with Crippen molar-refractivity contribution in [2.24, 2.45) is 0 Å². The van der Waals surface area contributed by atoms with Crippen LogP contribution in [0.2, 0.25) is 0 Å². The molecule has 1 aromatic carbocycles. The molecule has 0 spiro atoms. The summed E-state index contributed by atoms with van der Waals surface area (Å²) in [6, 6.07) is 8.13. The van der Waals surface area contributed by atoms with Crippen LogP contribution in [0.25, 0.3) is 10.9 Å². The average molecular weight is 286 g/mol. The van der Waals surface area contributed by atoms with Gasteiger partial charge in [-0.2, -0.15) is 5.10 Å². The van der Waals surface area contributed by atoms with Crippen molar-refractivity contribution in [1.82, 2.24) is 20.0 Å².